The van der Waals surface area contributed by atoms with E-state index in [0.29, 0.717) is 22.1 Å². The number of aromatic nitrogens is 2. The maximum Gasteiger partial charge on any atom is 0.336 e. The van der Waals surface area contributed by atoms with E-state index in [1.165, 1.54) is 54.1 Å². The fraction of sp³-hybridized carbons (Fsp3) is 0.0870. The number of nitrogens with one attached hydrogen (secondary N) is 1. The van der Waals surface area contributed by atoms with Crippen molar-refractivity contribution in [1.29, 1.82) is 0 Å². The highest BCUT2D eigenvalue weighted by atomic mass is 35.5. The summed E-state index contributed by atoms with van der Waals surface area (Å²) in [5.41, 5.74) is -0.321. The van der Waals surface area contributed by atoms with Crippen molar-refractivity contribution in [1.82, 2.24) is 9.13 Å². The Bertz CT molecular complexity index is 1430. The second-order valence-corrected chi connectivity index (χ2v) is 7.36. The zero-order valence-corrected chi connectivity index (χ0v) is 17.6. The summed E-state index contributed by atoms with van der Waals surface area (Å²) in [5, 5.41) is 3.14. The molecule has 0 bridgehead atoms. The number of nitrogens with zero attached hydrogens (tertiary/aromatic N) is 2. The summed E-state index contributed by atoms with van der Waals surface area (Å²) in [6.07, 6.45) is 0. The van der Waals surface area contributed by atoms with E-state index in [1.807, 2.05) is 0 Å². The molecule has 4 rings (SSSR count). The lowest BCUT2D eigenvalue weighted by Crippen LogP contribution is -2.40. The van der Waals surface area contributed by atoms with Gasteiger partial charge in [0.1, 0.15) is 18.1 Å². The molecule has 0 fully saturated rings. The number of hydrogen-bond acceptors (Lipinski definition) is 4. The predicted octanol–water partition coefficient (Wildman–Crippen LogP) is 3.59. The van der Waals surface area contributed by atoms with Crippen LogP contribution in [0.3, 0.4) is 0 Å². The molecule has 1 heterocycles. The second-order valence-electron chi connectivity index (χ2n) is 6.92. The molecule has 1 N–H and O–H groups in total. The highest BCUT2D eigenvalue weighted by Crippen LogP contribution is 2.18. The third kappa shape index (κ3) is 4.13. The monoisotopic (exact) mass is 453 g/mol. The van der Waals surface area contributed by atoms with Gasteiger partial charge in [0, 0.05) is 10.7 Å². The van der Waals surface area contributed by atoms with Crippen molar-refractivity contribution >= 4 is 34.1 Å². The molecule has 162 valence electrons. The molecule has 0 unspecified atom stereocenters. The molecule has 0 radical (unpaired) electrons. The Morgan fingerprint density at radius 3 is 2.38 bits per heavy atom. The zero-order chi connectivity index (χ0) is 22.8. The highest BCUT2D eigenvalue weighted by Gasteiger charge is 2.17. The molecule has 0 aliphatic heterocycles. The molecule has 9 heteroatoms. The topological polar surface area (TPSA) is 82.3 Å². The quantitative estimate of drug-likeness (QED) is 0.500. The Morgan fingerprint density at radius 1 is 1.03 bits per heavy atom. The van der Waals surface area contributed by atoms with Gasteiger partial charge in [-0.25, -0.2) is 13.8 Å². The van der Waals surface area contributed by atoms with E-state index in [9.17, 15) is 18.8 Å². The molecule has 0 aliphatic rings. The minimum Gasteiger partial charge on any atom is -0.497 e. The Balaban J connectivity index is 1.83. The van der Waals surface area contributed by atoms with E-state index < -0.39 is 23.0 Å². The van der Waals surface area contributed by atoms with Crippen LogP contribution >= 0.6 is 11.6 Å². The number of methoxy groups -OCH3 is 1. The largest absolute Gasteiger partial charge is 0.497 e. The molecule has 3 aromatic carbocycles. The molecule has 32 heavy (non-hydrogen) atoms. The molecule has 0 saturated heterocycles. The fourth-order valence-corrected chi connectivity index (χ4v) is 3.50. The van der Waals surface area contributed by atoms with E-state index in [0.717, 1.165) is 4.57 Å². The predicted molar refractivity (Wildman–Crippen MR) is 120 cm³/mol. The second kappa shape index (κ2) is 8.68. The van der Waals surface area contributed by atoms with Gasteiger partial charge in [-0.1, -0.05) is 11.6 Å². The van der Waals surface area contributed by atoms with Gasteiger partial charge in [-0.15, -0.1) is 0 Å². The Labute approximate surface area is 186 Å². The van der Waals surface area contributed by atoms with Gasteiger partial charge in [0.2, 0.25) is 5.91 Å². The first-order valence-electron chi connectivity index (χ1n) is 9.52. The maximum atomic E-state index is 13.3. The SMILES string of the molecule is COc1ccc(-n2c(=O)c3ccc(Cl)cc3n(CC(=O)Nc3ccc(F)cc3)c2=O)cc1. The van der Waals surface area contributed by atoms with Crippen LogP contribution in [0.4, 0.5) is 10.1 Å². The molecule has 0 aliphatic carbocycles. The van der Waals surface area contributed by atoms with Crippen LogP contribution in [0.15, 0.2) is 76.3 Å². The van der Waals surface area contributed by atoms with Gasteiger partial charge >= 0.3 is 5.69 Å². The van der Waals surface area contributed by atoms with Crippen molar-refractivity contribution in [2.24, 2.45) is 0 Å². The third-order valence-corrected chi connectivity index (χ3v) is 5.10. The summed E-state index contributed by atoms with van der Waals surface area (Å²) in [5.74, 6) is -0.403. The summed E-state index contributed by atoms with van der Waals surface area (Å²) in [7, 11) is 1.51. The normalized spacial score (nSPS) is 10.8. The summed E-state index contributed by atoms with van der Waals surface area (Å²) < 4.78 is 20.4. The van der Waals surface area contributed by atoms with Crippen molar-refractivity contribution in [2.45, 2.75) is 6.54 Å². The number of ether oxygens (including phenoxy) is 1. The molecule has 1 amide bonds. The van der Waals surface area contributed by atoms with Crippen molar-refractivity contribution < 1.29 is 13.9 Å². The Hall–Kier alpha value is -3.91. The molecular weight excluding hydrogens is 437 g/mol. The molecule has 7 nitrogen and oxygen atoms in total. The van der Waals surface area contributed by atoms with Crippen LogP contribution in [-0.4, -0.2) is 22.2 Å². The van der Waals surface area contributed by atoms with E-state index in [2.05, 4.69) is 5.32 Å². The summed E-state index contributed by atoms with van der Waals surface area (Å²) in [4.78, 5) is 39.1. The zero-order valence-electron chi connectivity index (χ0n) is 16.8. The van der Waals surface area contributed by atoms with Gasteiger partial charge < -0.3 is 10.1 Å². The Morgan fingerprint density at radius 2 is 1.72 bits per heavy atom. The van der Waals surface area contributed by atoms with E-state index in [4.69, 9.17) is 16.3 Å². The van der Waals surface area contributed by atoms with Crippen LogP contribution in [-0.2, 0) is 11.3 Å². The first kappa shape index (κ1) is 21.3. The van der Waals surface area contributed by atoms with E-state index >= 15 is 0 Å². The number of hydrogen-bond donors (Lipinski definition) is 1. The summed E-state index contributed by atoms with van der Waals surface area (Å²) in [6.45, 7) is -0.385. The minimum atomic E-state index is -0.704. The van der Waals surface area contributed by atoms with Crippen LogP contribution in [0.25, 0.3) is 16.6 Å². The number of amides is 1. The van der Waals surface area contributed by atoms with Crippen molar-refractivity contribution in [3.63, 3.8) is 0 Å². The summed E-state index contributed by atoms with van der Waals surface area (Å²) >= 11 is 6.09. The average molecular weight is 454 g/mol. The molecule has 4 aromatic rings. The van der Waals surface area contributed by atoms with Crippen LogP contribution < -0.4 is 21.3 Å². The lowest BCUT2D eigenvalue weighted by molar-refractivity contribution is -0.116. The highest BCUT2D eigenvalue weighted by molar-refractivity contribution is 6.31. The number of halogens is 2. The standard InChI is InChI=1S/C23H17ClFN3O4/c1-32-18-9-7-17(8-10-18)28-22(30)19-11-2-14(24)12-20(19)27(23(28)31)13-21(29)26-16-5-3-15(25)4-6-16/h2-12H,13H2,1H3,(H,26,29). The average Bonchev–Trinajstić information content (AvgIpc) is 2.78. The third-order valence-electron chi connectivity index (χ3n) is 4.87. The first-order chi connectivity index (χ1) is 15.4. The first-order valence-corrected chi connectivity index (χ1v) is 9.90. The van der Waals surface area contributed by atoms with Gasteiger partial charge in [-0.05, 0) is 66.7 Å². The molecule has 0 saturated carbocycles. The number of carbonyl (C=O) groups is 1. The van der Waals surface area contributed by atoms with Crippen molar-refractivity contribution in [3.05, 3.63) is 98.4 Å². The number of rotatable bonds is 5. The minimum absolute atomic E-state index is 0.222. The molecule has 0 atom stereocenters. The van der Waals surface area contributed by atoms with Gasteiger partial charge in [-0.3, -0.25) is 14.2 Å². The van der Waals surface area contributed by atoms with Crippen molar-refractivity contribution in [3.8, 4) is 11.4 Å². The van der Waals surface area contributed by atoms with Crippen molar-refractivity contribution in [2.75, 3.05) is 12.4 Å². The van der Waals surface area contributed by atoms with Gasteiger partial charge in [0.05, 0.1) is 23.7 Å². The van der Waals surface area contributed by atoms with E-state index in [-0.39, 0.29) is 17.4 Å². The van der Waals surface area contributed by atoms with Gasteiger partial charge in [0.15, 0.2) is 0 Å². The van der Waals surface area contributed by atoms with Crippen LogP contribution in [0.2, 0.25) is 5.02 Å². The molecule has 0 spiro atoms. The molecule has 1 aromatic heterocycles. The molecular formula is C23H17ClFN3O4. The van der Waals surface area contributed by atoms with Gasteiger partial charge in [-0.2, -0.15) is 0 Å². The number of benzene rings is 3. The number of fused-ring (bicyclic) bond motifs is 1. The summed E-state index contributed by atoms with van der Waals surface area (Å²) in [6, 6.07) is 16.1. The fourth-order valence-electron chi connectivity index (χ4n) is 3.33. The Kier molecular flexibility index (Phi) is 5.79. The van der Waals surface area contributed by atoms with Crippen LogP contribution in [0.1, 0.15) is 0 Å². The lowest BCUT2D eigenvalue weighted by Gasteiger charge is -2.15. The lowest BCUT2D eigenvalue weighted by atomic mass is 10.2. The van der Waals surface area contributed by atoms with Gasteiger partial charge in [0.25, 0.3) is 5.56 Å². The van der Waals surface area contributed by atoms with E-state index in [1.54, 1.807) is 24.3 Å². The number of anilines is 1. The maximum absolute atomic E-state index is 13.3. The smallest absolute Gasteiger partial charge is 0.336 e. The van der Waals surface area contributed by atoms with Crippen LogP contribution in [0.5, 0.6) is 5.75 Å². The van der Waals surface area contributed by atoms with Crippen LogP contribution in [0, 0.1) is 5.82 Å². The number of carbonyl (C=O) groups excluding carboxylic acids is 1.